The average molecular weight is 833 g/mol. The highest BCUT2D eigenvalue weighted by molar-refractivity contribution is 6.33. The summed E-state index contributed by atoms with van der Waals surface area (Å²) in [6, 6.07) is 21.2. The maximum atomic E-state index is 13.3. The summed E-state index contributed by atoms with van der Waals surface area (Å²) in [5.74, 6) is -0.0165. The second-order valence-corrected chi connectivity index (χ2v) is 13.9. The van der Waals surface area contributed by atoms with Gasteiger partial charge < -0.3 is 10.6 Å². The third-order valence-electron chi connectivity index (χ3n) is 9.14. The molecule has 0 radical (unpaired) electrons. The maximum absolute atomic E-state index is 13.3. The van der Waals surface area contributed by atoms with Gasteiger partial charge >= 0.3 is 6.18 Å². The molecule has 8 aromatic rings. The number of carbonyl (C=O) groups is 2. The first-order valence-corrected chi connectivity index (χ1v) is 19.2. The van der Waals surface area contributed by atoms with Crippen LogP contribution in [0.15, 0.2) is 104 Å². The van der Waals surface area contributed by atoms with E-state index in [9.17, 15) is 22.8 Å². The monoisotopic (exact) mass is 832 g/mol. The van der Waals surface area contributed by atoms with Gasteiger partial charge in [0.05, 0.1) is 39.9 Å². The number of amides is 2. The lowest BCUT2D eigenvalue weighted by Gasteiger charge is -2.12. The van der Waals surface area contributed by atoms with Gasteiger partial charge in [-0.15, -0.1) is 0 Å². The summed E-state index contributed by atoms with van der Waals surface area (Å²) < 4.78 is 42.9. The van der Waals surface area contributed by atoms with E-state index < -0.39 is 17.6 Å². The van der Waals surface area contributed by atoms with Gasteiger partial charge in [-0.1, -0.05) is 61.8 Å². The van der Waals surface area contributed by atoms with Gasteiger partial charge in [0.2, 0.25) is 0 Å². The van der Waals surface area contributed by atoms with Crippen molar-refractivity contribution in [3.8, 4) is 22.5 Å². The molecule has 2 N–H and O–H groups in total. The van der Waals surface area contributed by atoms with E-state index in [0.717, 1.165) is 45.3 Å². The van der Waals surface area contributed by atoms with Crippen molar-refractivity contribution in [3.05, 3.63) is 153 Å². The summed E-state index contributed by atoms with van der Waals surface area (Å²) in [7, 11) is 0. The third kappa shape index (κ3) is 9.16. The minimum atomic E-state index is -4.52. The number of halogens is 4. The number of nitrogens with one attached hydrogen (secondary N) is 2. The SMILES string of the molecule is CC.Cc1cc(C)nc(NC(=O)c2cnc3c(C)c(C)c(-c4ccccc4Cl)nn23)c1.Cc1cncc(C(=O)Nc2cnc3ccc(-c4ccccc4C(F)(F)F)nn23)c1. The van der Waals surface area contributed by atoms with Gasteiger partial charge in [-0.05, 0) is 99.3 Å². The number of pyridine rings is 2. The Kier molecular flexibility index (Phi) is 12.7. The van der Waals surface area contributed by atoms with Crippen LogP contribution in [0.2, 0.25) is 5.02 Å². The molecule has 0 atom stereocenters. The molecule has 60 heavy (non-hydrogen) atoms. The molecule has 6 heterocycles. The molecule has 16 heteroatoms. The van der Waals surface area contributed by atoms with Gasteiger partial charge in [0.15, 0.2) is 22.8 Å². The molecule has 0 unspecified atom stereocenters. The maximum Gasteiger partial charge on any atom is 0.417 e. The van der Waals surface area contributed by atoms with Crippen LogP contribution >= 0.6 is 11.6 Å². The number of aryl methyl sites for hydroxylation is 4. The lowest BCUT2D eigenvalue weighted by Crippen LogP contribution is -2.17. The van der Waals surface area contributed by atoms with Crippen LogP contribution in [0.1, 0.15) is 68.2 Å². The van der Waals surface area contributed by atoms with Crippen LogP contribution in [0.3, 0.4) is 0 Å². The predicted octanol–water partition coefficient (Wildman–Crippen LogP) is 10.3. The van der Waals surface area contributed by atoms with E-state index in [1.807, 2.05) is 84.9 Å². The molecule has 8 rings (SSSR count). The Morgan fingerprint density at radius 3 is 2.12 bits per heavy atom. The molecule has 0 fully saturated rings. The molecule has 6 aromatic heterocycles. The molecule has 2 amide bonds. The van der Waals surface area contributed by atoms with Crippen molar-refractivity contribution in [2.75, 3.05) is 10.6 Å². The summed E-state index contributed by atoms with van der Waals surface area (Å²) in [5.41, 5.74) is 7.09. The number of hydrogen-bond donors (Lipinski definition) is 2. The molecule has 0 spiro atoms. The summed E-state index contributed by atoms with van der Waals surface area (Å²) in [6.45, 7) is 13.6. The van der Waals surface area contributed by atoms with Crippen molar-refractivity contribution in [1.82, 2.24) is 39.2 Å². The normalized spacial score (nSPS) is 11.1. The highest BCUT2D eigenvalue weighted by Crippen LogP contribution is 2.36. The Balaban J connectivity index is 0.000000193. The highest BCUT2D eigenvalue weighted by atomic mass is 35.5. The Morgan fingerprint density at radius 2 is 1.42 bits per heavy atom. The van der Waals surface area contributed by atoms with Crippen LogP contribution in [0.5, 0.6) is 0 Å². The minimum Gasteiger partial charge on any atom is -0.305 e. The largest absolute Gasteiger partial charge is 0.417 e. The van der Waals surface area contributed by atoms with Crippen LogP contribution in [0.4, 0.5) is 24.8 Å². The van der Waals surface area contributed by atoms with E-state index >= 15 is 0 Å². The van der Waals surface area contributed by atoms with Crippen molar-refractivity contribution in [2.24, 2.45) is 0 Å². The molecular weight excluding hydrogens is 793 g/mol. The predicted molar refractivity (Wildman–Crippen MR) is 226 cm³/mol. The number of imidazole rings is 2. The standard InChI is InChI=1S/C22H20ClN5O.C20H14F3N5O.C2H6/c1-12-9-13(2)25-19(10-12)26-22(29)18-11-24-21-15(4)14(3)20(27-28(18)21)16-7-5-6-8-17(16)23;1-12-8-13(10-24-9-12)19(29)26-18-11-25-17-7-6-16(27-28(17)18)14-4-2-3-5-15(14)20(21,22)23;1-2/h5-11H,1-4H3,(H,25,26,29);2-11H,1H3,(H,26,29);1-2H3. The first kappa shape index (κ1) is 42.6. The van der Waals surface area contributed by atoms with Crippen LogP contribution in [0.25, 0.3) is 33.8 Å². The fourth-order valence-corrected chi connectivity index (χ4v) is 6.52. The molecule has 12 nitrogen and oxygen atoms in total. The molecule has 0 saturated carbocycles. The molecule has 0 aliphatic carbocycles. The number of anilines is 2. The Hall–Kier alpha value is -7.00. The Bertz CT molecular complexity index is 2850. The first-order valence-electron chi connectivity index (χ1n) is 18.8. The lowest BCUT2D eigenvalue weighted by atomic mass is 10.0. The lowest BCUT2D eigenvalue weighted by molar-refractivity contribution is -0.137. The van der Waals surface area contributed by atoms with E-state index in [1.54, 1.807) is 22.8 Å². The molecule has 0 bridgehead atoms. The molecule has 306 valence electrons. The number of alkyl halides is 3. The van der Waals surface area contributed by atoms with E-state index in [4.69, 9.17) is 16.7 Å². The zero-order chi connectivity index (χ0) is 43.3. The highest BCUT2D eigenvalue weighted by Gasteiger charge is 2.34. The van der Waals surface area contributed by atoms with Crippen molar-refractivity contribution >= 4 is 46.3 Å². The smallest absolute Gasteiger partial charge is 0.305 e. The molecule has 0 aliphatic heterocycles. The number of carbonyl (C=O) groups excluding carboxylic acids is 2. The average Bonchev–Trinajstić information content (AvgIpc) is 3.84. The van der Waals surface area contributed by atoms with Crippen LogP contribution in [-0.2, 0) is 6.18 Å². The van der Waals surface area contributed by atoms with E-state index in [0.29, 0.717) is 33.4 Å². The summed E-state index contributed by atoms with van der Waals surface area (Å²) >= 11 is 6.40. The van der Waals surface area contributed by atoms with E-state index in [1.165, 1.54) is 47.4 Å². The number of rotatable bonds is 6. The number of nitrogens with zero attached hydrogens (tertiary/aromatic N) is 8. The molecule has 0 saturated heterocycles. The topological polar surface area (TPSA) is 144 Å². The summed E-state index contributed by atoms with van der Waals surface area (Å²) in [6.07, 6.45) is 1.45. The first-order chi connectivity index (χ1) is 28.7. The van der Waals surface area contributed by atoms with Crippen LogP contribution in [0, 0.1) is 34.6 Å². The van der Waals surface area contributed by atoms with Crippen molar-refractivity contribution in [2.45, 2.75) is 54.6 Å². The fourth-order valence-electron chi connectivity index (χ4n) is 6.30. The fraction of sp³-hybridized carbons (Fsp3) is 0.182. The quantitative estimate of drug-likeness (QED) is 0.168. The van der Waals surface area contributed by atoms with E-state index in [-0.39, 0.29) is 23.0 Å². The van der Waals surface area contributed by atoms with Crippen molar-refractivity contribution < 1.29 is 22.8 Å². The summed E-state index contributed by atoms with van der Waals surface area (Å²) in [4.78, 5) is 42.3. The second kappa shape index (κ2) is 17.9. The van der Waals surface area contributed by atoms with Gasteiger partial charge in [-0.3, -0.25) is 14.6 Å². The van der Waals surface area contributed by atoms with Crippen LogP contribution < -0.4 is 10.6 Å². The molecular formula is C44H40ClF3N10O2. The molecule has 0 aliphatic rings. The van der Waals surface area contributed by atoms with Crippen molar-refractivity contribution in [3.63, 3.8) is 0 Å². The minimum absolute atomic E-state index is 0.0595. The number of hydrogen-bond acceptors (Lipinski definition) is 8. The Morgan fingerprint density at radius 1 is 0.700 bits per heavy atom. The Labute approximate surface area is 348 Å². The number of benzene rings is 2. The van der Waals surface area contributed by atoms with Crippen LogP contribution in [-0.4, -0.2) is 51.0 Å². The van der Waals surface area contributed by atoms with Gasteiger partial charge in [0.25, 0.3) is 11.8 Å². The zero-order valence-corrected chi connectivity index (χ0v) is 34.5. The third-order valence-corrected chi connectivity index (χ3v) is 9.47. The number of fused-ring (bicyclic) bond motifs is 2. The zero-order valence-electron chi connectivity index (χ0n) is 33.7. The van der Waals surface area contributed by atoms with Gasteiger partial charge in [0, 0.05) is 29.2 Å². The second-order valence-electron chi connectivity index (χ2n) is 13.5. The van der Waals surface area contributed by atoms with E-state index in [2.05, 4.69) is 35.7 Å². The summed E-state index contributed by atoms with van der Waals surface area (Å²) in [5, 5.41) is 15.1. The van der Waals surface area contributed by atoms with Crippen molar-refractivity contribution in [1.29, 1.82) is 0 Å². The van der Waals surface area contributed by atoms with Gasteiger partial charge in [0.1, 0.15) is 5.82 Å². The van der Waals surface area contributed by atoms with Gasteiger partial charge in [-0.2, -0.15) is 27.9 Å². The molecule has 2 aromatic carbocycles. The van der Waals surface area contributed by atoms with Gasteiger partial charge in [-0.25, -0.2) is 19.5 Å². The number of aromatic nitrogens is 8.